The Morgan fingerprint density at radius 1 is 0.676 bits per heavy atom. The summed E-state index contributed by atoms with van der Waals surface area (Å²) in [4.78, 5) is 48.4. The van der Waals surface area contributed by atoms with Gasteiger partial charge in [-0.25, -0.2) is 24.2 Å². The maximum Gasteiger partial charge on any atom is 0.341 e. The largest absolute Gasteiger partial charge is 0.482 e. The Labute approximate surface area is 209 Å². The number of carboxylic acids is 4. The number of hydrogen-bond donors (Lipinski definition) is 5. The van der Waals surface area contributed by atoms with Gasteiger partial charge in [-0.2, -0.15) is 0 Å². The van der Waals surface area contributed by atoms with E-state index in [4.69, 9.17) is 29.9 Å². The van der Waals surface area contributed by atoms with Crippen molar-refractivity contribution in [3.05, 3.63) is 90.3 Å². The van der Waals surface area contributed by atoms with Gasteiger partial charge in [-0.05, 0) is 48.5 Å². The maximum absolute atomic E-state index is 10.5. The molecule has 3 aromatic carbocycles. The highest BCUT2D eigenvalue weighted by Gasteiger charge is 2.06. The average Bonchev–Trinajstić information content (AvgIpc) is 3.36. The number of benzene rings is 3. The predicted octanol–water partition coefficient (Wildman–Crippen LogP) is 3.26. The summed E-state index contributed by atoms with van der Waals surface area (Å²) in [6.07, 6.45) is 1.70. The van der Waals surface area contributed by atoms with Gasteiger partial charge in [-0.1, -0.05) is 24.3 Å². The van der Waals surface area contributed by atoms with Crippen LogP contribution in [0, 0.1) is 0 Å². The third-order valence-corrected chi connectivity index (χ3v) is 4.21. The molecule has 12 nitrogen and oxygen atoms in total. The highest BCUT2D eigenvalue weighted by molar-refractivity contribution is 5.88. The van der Waals surface area contributed by atoms with Crippen LogP contribution in [-0.2, 0) is 9.59 Å². The first-order valence-corrected chi connectivity index (χ1v) is 10.4. The molecule has 4 rings (SSSR count). The quantitative estimate of drug-likeness (QED) is 0.233. The molecule has 1 heterocycles. The number of ether oxygens (including phenoxy) is 2. The van der Waals surface area contributed by atoms with E-state index >= 15 is 0 Å². The number of aromatic nitrogens is 2. The molecule has 0 fully saturated rings. The van der Waals surface area contributed by atoms with Crippen molar-refractivity contribution >= 4 is 34.9 Å². The molecular weight excluding hydrogens is 488 g/mol. The first-order valence-electron chi connectivity index (χ1n) is 10.4. The lowest BCUT2D eigenvalue weighted by molar-refractivity contribution is -0.140. The number of rotatable bonds is 8. The van der Waals surface area contributed by atoms with E-state index in [9.17, 15) is 19.2 Å². The summed E-state index contributed by atoms with van der Waals surface area (Å²) in [5, 5.41) is 33.9. The summed E-state index contributed by atoms with van der Waals surface area (Å²) < 4.78 is 9.59. The van der Waals surface area contributed by atoms with Crippen molar-refractivity contribution in [3.63, 3.8) is 0 Å². The number of hydrogen-bond acceptors (Lipinski definition) is 7. The van der Waals surface area contributed by atoms with Crippen LogP contribution < -0.4 is 9.47 Å². The Bertz CT molecular complexity index is 1260. The zero-order valence-corrected chi connectivity index (χ0v) is 19.1. The molecule has 0 aliphatic heterocycles. The first kappa shape index (κ1) is 27.9. The van der Waals surface area contributed by atoms with Crippen molar-refractivity contribution in [1.82, 2.24) is 9.97 Å². The van der Waals surface area contributed by atoms with Crippen LogP contribution >= 0.6 is 0 Å². The monoisotopic (exact) mass is 510 g/mol. The van der Waals surface area contributed by atoms with E-state index in [2.05, 4.69) is 9.97 Å². The number of para-hydroxylation sites is 2. The van der Waals surface area contributed by atoms with Gasteiger partial charge in [-0.15, -0.1) is 0 Å². The highest BCUT2D eigenvalue weighted by Crippen LogP contribution is 2.14. The van der Waals surface area contributed by atoms with E-state index < -0.39 is 37.1 Å². The Morgan fingerprint density at radius 3 is 1.59 bits per heavy atom. The molecule has 192 valence electrons. The molecule has 1 aromatic heterocycles. The molecule has 0 bridgehead atoms. The fraction of sp³-hybridized carbons (Fsp3) is 0.0800. The normalized spacial score (nSPS) is 9.62. The van der Waals surface area contributed by atoms with Crippen LogP contribution in [0.3, 0.4) is 0 Å². The minimum absolute atomic E-state index is 0.0629. The number of H-pyrrole nitrogens is 1. The van der Waals surface area contributed by atoms with E-state index in [1.54, 1.807) is 6.33 Å². The number of imidazole rings is 1. The van der Waals surface area contributed by atoms with Crippen molar-refractivity contribution < 1.29 is 49.1 Å². The Balaban J connectivity index is 0.000000199. The summed E-state index contributed by atoms with van der Waals surface area (Å²) in [7, 11) is 0. The number of aromatic amines is 1. The van der Waals surface area contributed by atoms with Gasteiger partial charge in [-0.3, -0.25) is 0 Å². The van der Waals surface area contributed by atoms with Crippen LogP contribution in [0.2, 0.25) is 0 Å². The predicted molar refractivity (Wildman–Crippen MR) is 129 cm³/mol. The van der Waals surface area contributed by atoms with Crippen LogP contribution in [-0.4, -0.2) is 67.5 Å². The number of fused-ring (bicyclic) bond motifs is 1. The zero-order chi connectivity index (χ0) is 27.2. The Kier molecular flexibility index (Phi) is 10.6. The number of carboxylic acid groups (broad SMARTS) is 4. The molecule has 0 atom stereocenters. The van der Waals surface area contributed by atoms with Gasteiger partial charge in [0.25, 0.3) is 0 Å². The fourth-order valence-corrected chi connectivity index (χ4v) is 2.61. The SMILES string of the molecule is O=C(O)COc1cccc(C(=O)O)c1.O=C(O)COc1cccc(C(=O)O)c1.c1ccc2[nH]cnc2c1. The molecule has 5 N–H and O–H groups in total. The second-order valence-electron chi connectivity index (χ2n) is 6.95. The second-order valence-corrected chi connectivity index (χ2v) is 6.95. The summed E-state index contributed by atoms with van der Waals surface area (Å²) in [6.45, 7) is -0.966. The van der Waals surface area contributed by atoms with Gasteiger partial charge < -0.3 is 34.9 Å². The molecule has 0 spiro atoms. The van der Waals surface area contributed by atoms with Gasteiger partial charge in [0.2, 0.25) is 0 Å². The molecule has 0 aliphatic rings. The number of carbonyl (C=O) groups is 4. The molecule has 37 heavy (non-hydrogen) atoms. The lowest BCUT2D eigenvalue weighted by Gasteiger charge is -2.03. The number of aromatic carboxylic acids is 2. The van der Waals surface area contributed by atoms with Crippen molar-refractivity contribution in [2.24, 2.45) is 0 Å². The Morgan fingerprint density at radius 2 is 1.16 bits per heavy atom. The summed E-state index contributed by atoms with van der Waals surface area (Å²) >= 11 is 0. The third-order valence-electron chi connectivity index (χ3n) is 4.21. The number of nitrogens with zero attached hydrogens (tertiary/aromatic N) is 1. The molecular formula is C25H22N2O10. The van der Waals surface area contributed by atoms with Crippen LogP contribution in [0.1, 0.15) is 20.7 Å². The van der Waals surface area contributed by atoms with Crippen molar-refractivity contribution in [3.8, 4) is 11.5 Å². The fourth-order valence-electron chi connectivity index (χ4n) is 2.61. The summed E-state index contributed by atoms with van der Waals surface area (Å²) in [6, 6.07) is 19.2. The molecule has 12 heteroatoms. The van der Waals surface area contributed by atoms with Crippen LogP contribution in [0.15, 0.2) is 79.1 Å². The number of nitrogens with one attached hydrogen (secondary N) is 1. The van der Waals surface area contributed by atoms with E-state index in [0.29, 0.717) is 0 Å². The summed E-state index contributed by atoms with van der Waals surface area (Å²) in [5.41, 5.74) is 2.25. The topological polar surface area (TPSA) is 196 Å². The lowest BCUT2D eigenvalue weighted by atomic mass is 10.2. The molecule has 0 saturated carbocycles. The summed E-state index contributed by atoms with van der Waals surface area (Å²) in [5.74, 6) is -3.91. The minimum Gasteiger partial charge on any atom is -0.482 e. The highest BCUT2D eigenvalue weighted by atomic mass is 16.5. The van der Waals surface area contributed by atoms with Crippen LogP contribution in [0.4, 0.5) is 0 Å². The zero-order valence-electron chi connectivity index (χ0n) is 19.1. The van der Waals surface area contributed by atoms with E-state index in [0.717, 1.165) is 11.0 Å². The molecule has 0 aliphatic carbocycles. The van der Waals surface area contributed by atoms with E-state index in [1.807, 2.05) is 24.3 Å². The second kappa shape index (κ2) is 14.1. The van der Waals surface area contributed by atoms with Gasteiger partial charge in [0.1, 0.15) is 11.5 Å². The number of aliphatic carboxylic acids is 2. The lowest BCUT2D eigenvalue weighted by Crippen LogP contribution is -2.09. The van der Waals surface area contributed by atoms with E-state index in [-0.39, 0.29) is 22.6 Å². The van der Waals surface area contributed by atoms with Crippen molar-refractivity contribution in [2.45, 2.75) is 0 Å². The van der Waals surface area contributed by atoms with Gasteiger partial charge in [0, 0.05) is 0 Å². The smallest absolute Gasteiger partial charge is 0.341 e. The van der Waals surface area contributed by atoms with E-state index in [1.165, 1.54) is 48.5 Å². The van der Waals surface area contributed by atoms with Gasteiger partial charge in [0.05, 0.1) is 28.5 Å². The van der Waals surface area contributed by atoms with Crippen molar-refractivity contribution in [2.75, 3.05) is 13.2 Å². The molecule has 4 aromatic rings. The van der Waals surface area contributed by atoms with Gasteiger partial charge >= 0.3 is 23.9 Å². The average molecular weight is 510 g/mol. The molecule has 0 unspecified atom stereocenters. The maximum atomic E-state index is 10.5. The third kappa shape index (κ3) is 10.2. The minimum atomic E-state index is -1.11. The van der Waals surface area contributed by atoms with Crippen LogP contribution in [0.25, 0.3) is 11.0 Å². The standard InChI is InChI=1S/2C9H8O5.C7H6N2/c2*10-8(11)5-14-7-3-1-2-6(4-7)9(12)13;1-2-4-7-6(3-1)8-5-9-7/h2*1-4H,5H2,(H,10,11)(H,12,13);1-5H,(H,8,9). The molecule has 0 amide bonds. The Hall–Kier alpha value is -5.39. The first-order chi connectivity index (χ1) is 17.7. The van der Waals surface area contributed by atoms with Crippen molar-refractivity contribution in [1.29, 1.82) is 0 Å². The van der Waals surface area contributed by atoms with Gasteiger partial charge in [0.15, 0.2) is 13.2 Å². The molecule has 0 saturated heterocycles. The molecule has 0 radical (unpaired) electrons. The van der Waals surface area contributed by atoms with Crippen LogP contribution in [0.5, 0.6) is 11.5 Å².